The summed E-state index contributed by atoms with van der Waals surface area (Å²) in [6.07, 6.45) is 0. The van der Waals surface area contributed by atoms with E-state index in [2.05, 4.69) is 41.7 Å². The minimum atomic E-state index is -0.0577. The molecule has 1 heterocycles. The van der Waals surface area contributed by atoms with Gasteiger partial charge in [0.25, 0.3) is 0 Å². The van der Waals surface area contributed by atoms with E-state index in [0.29, 0.717) is 5.15 Å². The van der Waals surface area contributed by atoms with Gasteiger partial charge in [0, 0.05) is 9.86 Å². The summed E-state index contributed by atoms with van der Waals surface area (Å²) < 4.78 is 0.918. The molecule has 0 spiro atoms. The van der Waals surface area contributed by atoms with Gasteiger partial charge < -0.3 is 0 Å². The highest BCUT2D eigenvalue weighted by molar-refractivity contribution is 9.10. The van der Waals surface area contributed by atoms with Crippen LogP contribution in [0, 0.1) is 6.92 Å². The maximum absolute atomic E-state index is 6.37. The standard InChI is InChI=1S/C14H14BrCl2N/c1-7-5-10(15)12-8(11(7)16)6-9(13(17)18-12)14(2,3)4/h5-6H,1-4H3. The Hall–Kier alpha value is -0.310. The molecule has 2 aromatic rings. The van der Waals surface area contributed by atoms with Crippen LogP contribution in [0.5, 0.6) is 0 Å². The summed E-state index contributed by atoms with van der Waals surface area (Å²) in [5.41, 5.74) is 2.79. The van der Waals surface area contributed by atoms with Crippen LogP contribution in [-0.2, 0) is 5.41 Å². The minimum absolute atomic E-state index is 0.0577. The fraction of sp³-hybridized carbons (Fsp3) is 0.357. The predicted octanol–water partition coefficient (Wildman–Crippen LogP) is 5.91. The molecule has 1 aromatic heterocycles. The molecule has 2 rings (SSSR count). The predicted molar refractivity (Wildman–Crippen MR) is 82.9 cm³/mol. The Kier molecular flexibility index (Phi) is 3.65. The van der Waals surface area contributed by atoms with Crippen LogP contribution in [-0.4, -0.2) is 4.98 Å². The number of pyridine rings is 1. The van der Waals surface area contributed by atoms with Gasteiger partial charge in [-0.25, -0.2) is 4.98 Å². The highest BCUT2D eigenvalue weighted by atomic mass is 79.9. The van der Waals surface area contributed by atoms with Gasteiger partial charge in [-0.1, -0.05) is 44.0 Å². The molecule has 4 heteroatoms. The molecular weight excluding hydrogens is 333 g/mol. The first kappa shape index (κ1) is 14.1. The normalized spacial score (nSPS) is 12.2. The van der Waals surface area contributed by atoms with Crippen molar-refractivity contribution < 1.29 is 0 Å². The highest BCUT2D eigenvalue weighted by Gasteiger charge is 2.21. The van der Waals surface area contributed by atoms with Gasteiger partial charge in [0.05, 0.1) is 10.5 Å². The van der Waals surface area contributed by atoms with Gasteiger partial charge in [-0.15, -0.1) is 0 Å². The number of benzene rings is 1. The molecule has 0 bridgehead atoms. The van der Waals surface area contributed by atoms with Crippen molar-refractivity contribution in [1.82, 2.24) is 4.98 Å². The Labute approximate surface area is 126 Å². The summed E-state index contributed by atoms with van der Waals surface area (Å²) in [7, 11) is 0. The SMILES string of the molecule is Cc1cc(Br)c2nc(Cl)c(C(C)(C)C)cc2c1Cl. The summed E-state index contributed by atoms with van der Waals surface area (Å²) in [5, 5.41) is 2.22. The second-order valence-corrected chi connectivity index (χ2v) is 7.05. The van der Waals surface area contributed by atoms with E-state index >= 15 is 0 Å². The van der Waals surface area contributed by atoms with Crippen LogP contribution in [0.15, 0.2) is 16.6 Å². The summed E-state index contributed by atoms with van der Waals surface area (Å²) in [4.78, 5) is 4.48. The largest absolute Gasteiger partial charge is 0.235 e. The van der Waals surface area contributed by atoms with E-state index in [0.717, 1.165) is 31.5 Å². The molecule has 0 saturated heterocycles. The van der Waals surface area contributed by atoms with E-state index in [-0.39, 0.29) is 5.41 Å². The van der Waals surface area contributed by atoms with Gasteiger partial charge in [0.2, 0.25) is 0 Å². The third kappa shape index (κ3) is 2.38. The van der Waals surface area contributed by atoms with E-state index in [1.54, 1.807) is 0 Å². The maximum atomic E-state index is 6.37. The van der Waals surface area contributed by atoms with Crippen LogP contribution in [0.4, 0.5) is 0 Å². The van der Waals surface area contributed by atoms with Crippen molar-refractivity contribution in [2.24, 2.45) is 0 Å². The van der Waals surface area contributed by atoms with Crippen molar-refractivity contribution in [2.45, 2.75) is 33.1 Å². The van der Waals surface area contributed by atoms with Crippen LogP contribution >= 0.6 is 39.1 Å². The number of hydrogen-bond acceptors (Lipinski definition) is 1. The fourth-order valence-electron chi connectivity index (χ4n) is 1.90. The Bertz CT molecular complexity index is 630. The quantitative estimate of drug-likeness (QED) is 0.540. The van der Waals surface area contributed by atoms with Crippen LogP contribution in [0.2, 0.25) is 10.2 Å². The summed E-state index contributed by atoms with van der Waals surface area (Å²) in [5.74, 6) is 0. The Morgan fingerprint density at radius 2 is 1.78 bits per heavy atom. The van der Waals surface area contributed by atoms with Gasteiger partial charge in [0.1, 0.15) is 5.15 Å². The molecule has 0 amide bonds. The molecule has 0 saturated carbocycles. The second kappa shape index (κ2) is 4.66. The zero-order valence-electron chi connectivity index (χ0n) is 10.7. The van der Waals surface area contributed by atoms with Crippen molar-refractivity contribution in [2.75, 3.05) is 0 Å². The molecule has 0 atom stereocenters. The van der Waals surface area contributed by atoms with Crippen molar-refractivity contribution in [3.05, 3.63) is 37.9 Å². The Balaban J connectivity index is 2.90. The first-order valence-electron chi connectivity index (χ1n) is 5.67. The molecule has 0 unspecified atom stereocenters. The third-order valence-electron chi connectivity index (χ3n) is 2.94. The van der Waals surface area contributed by atoms with Crippen molar-refractivity contribution >= 4 is 50.0 Å². The Morgan fingerprint density at radius 3 is 2.33 bits per heavy atom. The number of hydrogen-bond donors (Lipinski definition) is 0. The number of halogens is 3. The summed E-state index contributed by atoms with van der Waals surface area (Å²) in [6, 6.07) is 4.01. The molecule has 0 aliphatic heterocycles. The number of aryl methyl sites for hydroxylation is 1. The van der Waals surface area contributed by atoms with Gasteiger partial charge >= 0.3 is 0 Å². The summed E-state index contributed by atoms with van der Waals surface area (Å²) in [6.45, 7) is 8.32. The average Bonchev–Trinajstić information content (AvgIpc) is 2.24. The Morgan fingerprint density at radius 1 is 1.17 bits per heavy atom. The zero-order chi connectivity index (χ0) is 13.7. The number of fused-ring (bicyclic) bond motifs is 1. The molecule has 18 heavy (non-hydrogen) atoms. The van der Waals surface area contributed by atoms with Gasteiger partial charge in [-0.3, -0.25) is 0 Å². The van der Waals surface area contributed by atoms with Crippen LogP contribution in [0.25, 0.3) is 10.9 Å². The van der Waals surface area contributed by atoms with Crippen LogP contribution in [0.1, 0.15) is 31.9 Å². The molecule has 0 radical (unpaired) electrons. The molecule has 0 aliphatic rings. The lowest BCUT2D eigenvalue weighted by Gasteiger charge is -2.21. The third-order valence-corrected chi connectivity index (χ3v) is 4.33. The minimum Gasteiger partial charge on any atom is -0.235 e. The molecule has 0 aliphatic carbocycles. The molecular formula is C14H14BrCl2N. The van der Waals surface area contributed by atoms with E-state index < -0.39 is 0 Å². The van der Waals surface area contributed by atoms with E-state index in [1.807, 2.05) is 19.1 Å². The van der Waals surface area contributed by atoms with Crippen LogP contribution in [0.3, 0.4) is 0 Å². The molecule has 0 N–H and O–H groups in total. The first-order chi connectivity index (χ1) is 8.21. The molecule has 0 fully saturated rings. The number of nitrogens with zero attached hydrogens (tertiary/aromatic N) is 1. The molecule has 1 aromatic carbocycles. The molecule has 96 valence electrons. The van der Waals surface area contributed by atoms with Gasteiger partial charge in [-0.05, 0) is 51.5 Å². The van der Waals surface area contributed by atoms with E-state index in [9.17, 15) is 0 Å². The highest BCUT2D eigenvalue weighted by Crippen LogP contribution is 2.37. The van der Waals surface area contributed by atoms with Crippen molar-refractivity contribution in [1.29, 1.82) is 0 Å². The fourth-order valence-corrected chi connectivity index (χ4v) is 3.17. The lowest BCUT2D eigenvalue weighted by atomic mass is 9.87. The number of rotatable bonds is 0. The smallest absolute Gasteiger partial charge is 0.133 e. The monoisotopic (exact) mass is 345 g/mol. The summed E-state index contributed by atoms with van der Waals surface area (Å²) >= 11 is 16.2. The van der Waals surface area contributed by atoms with E-state index in [1.165, 1.54) is 0 Å². The van der Waals surface area contributed by atoms with Crippen molar-refractivity contribution in [3.63, 3.8) is 0 Å². The molecule has 1 nitrogen and oxygen atoms in total. The second-order valence-electron chi connectivity index (χ2n) is 5.46. The van der Waals surface area contributed by atoms with E-state index in [4.69, 9.17) is 23.2 Å². The zero-order valence-corrected chi connectivity index (χ0v) is 13.8. The van der Waals surface area contributed by atoms with Crippen LogP contribution < -0.4 is 0 Å². The lowest BCUT2D eigenvalue weighted by Crippen LogP contribution is -2.12. The van der Waals surface area contributed by atoms with Gasteiger partial charge in [0.15, 0.2) is 0 Å². The average molecular weight is 347 g/mol. The lowest BCUT2D eigenvalue weighted by molar-refractivity contribution is 0.589. The first-order valence-corrected chi connectivity index (χ1v) is 7.22. The number of aromatic nitrogens is 1. The maximum Gasteiger partial charge on any atom is 0.133 e. The van der Waals surface area contributed by atoms with Gasteiger partial charge in [-0.2, -0.15) is 0 Å². The topological polar surface area (TPSA) is 12.9 Å². The van der Waals surface area contributed by atoms with Crippen molar-refractivity contribution in [3.8, 4) is 0 Å².